The topological polar surface area (TPSA) is 84.6 Å². The molecule has 5 nitrogen and oxygen atoms in total. The van der Waals surface area contributed by atoms with Gasteiger partial charge in [-0.15, -0.1) is 0 Å². The molecule has 0 aliphatic heterocycles. The Labute approximate surface area is 94.2 Å². The van der Waals surface area contributed by atoms with Crippen molar-refractivity contribution in [3.05, 3.63) is 23.8 Å². The highest BCUT2D eigenvalue weighted by Gasteiger charge is 2.10. The van der Waals surface area contributed by atoms with E-state index in [1.165, 1.54) is 7.11 Å². The van der Waals surface area contributed by atoms with Crippen molar-refractivity contribution in [3.63, 3.8) is 0 Å². The normalized spacial score (nSPS) is 12.1. The van der Waals surface area contributed by atoms with Crippen LogP contribution in [0.3, 0.4) is 0 Å². The van der Waals surface area contributed by atoms with Gasteiger partial charge < -0.3 is 20.9 Å². The van der Waals surface area contributed by atoms with Crippen LogP contribution in [0.4, 0.5) is 0 Å². The molecule has 0 bridgehead atoms. The number of phenols is 1. The Morgan fingerprint density at radius 3 is 2.88 bits per heavy atom. The van der Waals surface area contributed by atoms with Crippen LogP contribution in [0.5, 0.6) is 11.5 Å². The predicted octanol–water partition coefficient (Wildman–Crippen LogP) is 0.364. The van der Waals surface area contributed by atoms with E-state index >= 15 is 0 Å². The number of nitrogens with one attached hydrogen (secondary N) is 1. The van der Waals surface area contributed by atoms with Gasteiger partial charge in [-0.3, -0.25) is 4.79 Å². The molecule has 0 saturated carbocycles. The van der Waals surface area contributed by atoms with E-state index in [1.54, 1.807) is 25.1 Å². The summed E-state index contributed by atoms with van der Waals surface area (Å²) in [4.78, 5) is 10.8. The summed E-state index contributed by atoms with van der Waals surface area (Å²) in [6.45, 7) is 2.02. The Hall–Kier alpha value is -1.75. The Balaban J connectivity index is 2.71. The van der Waals surface area contributed by atoms with Gasteiger partial charge in [0.2, 0.25) is 5.91 Å². The fourth-order valence-corrected chi connectivity index (χ4v) is 1.24. The van der Waals surface area contributed by atoms with Crippen LogP contribution >= 0.6 is 0 Å². The number of hydrogen-bond donors (Lipinski definition) is 3. The van der Waals surface area contributed by atoms with E-state index < -0.39 is 11.9 Å². The standard InChI is InChI=1S/C11H16N2O3/c1-7(11(12)15)13-6-8-4-3-5-9(16-2)10(8)14/h3-5,7,13-14H,6H2,1-2H3,(H2,12,15). The van der Waals surface area contributed by atoms with E-state index in [9.17, 15) is 9.90 Å². The third-order valence-electron chi connectivity index (χ3n) is 2.33. The van der Waals surface area contributed by atoms with E-state index in [0.29, 0.717) is 17.9 Å². The maximum atomic E-state index is 10.8. The van der Waals surface area contributed by atoms with Gasteiger partial charge in [-0.25, -0.2) is 0 Å². The Bertz CT molecular complexity index is 379. The highest BCUT2D eigenvalue weighted by Crippen LogP contribution is 2.29. The SMILES string of the molecule is COc1cccc(CNC(C)C(N)=O)c1O. The van der Waals surface area contributed by atoms with Crippen LogP contribution in [0.1, 0.15) is 12.5 Å². The summed E-state index contributed by atoms with van der Waals surface area (Å²) < 4.78 is 4.97. The summed E-state index contributed by atoms with van der Waals surface area (Å²) in [7, 11) is 1.48. The summed E-state index contributed by atoms with van der Waals surface area (Å²) in [6, 6.07) is 4.74. The average molecular weight is 224 g/mol. The van der Waals surface area contributed by atoms with Gasteiger partial charge in [-0.1, -0.05) is 12.1 Å². The third-order valence-corrected chi connectivity index (χ3v) is 2.33. The molecule has 0 heterocycles. The molecule has 88 valence electrons. The zero-order valence-corrected chi connectivity index (χ0v) is 9.36. The van der Waals surface area contributed by atoms with Gasteiger partial charge in [-0.05, 0) is 13.0 Å². The summed E-state index contributed by atoms with van der Waals surface area (Å²) in [5.74, 6) is 0.0579. The fraction of sp³-hybridized carbons (Fsp3) is 0.364. The number of hydrogen-bond acceptors (Lipinski definition) is 4. The second kappa shape index (κ2) is 5.37. The van der Waals surface area contributed by atoms with Crippen LogP contribution < -0.4 is 15.8 Å². The first-order valence-corrected chi connectivity index (χ1v) is 4.93. The summed E-state index contributed by atoms with van der Waals surface area (Å²) in [5, 5.41) is 12.7. The largest absolute Gasteiger partial charge is 0.504 e. The van der Waals surface area contributed by atoms with Crippen LogP contribution in [0.2, 0.25) is 0 Å². The number of ether oxygens (including phenoxy) is 1. The Kier molecular flexibility index (Phi) is 4.13. The number of nitrogens with two attached hydrogens (primary N) is 1. The Morgan fingerprint density at radius 2 is 2.31 bits per heavy atom. The van der Waals surface area contributed by atoms with Crippen molar-refractivity contribution in [1.29, 1.82) is 0 Å². The molecule has 0 aliphatic carbocycles. The number of carbonyl (C=O) groups is 1. The predicted molar refractivity (Wildman–Crippen MR) is 60.2 cm³/mol. The molecule has 1 aromatic rings. The van der Waals surface area contributed by atoms with Crippen molar-refractivity contribution in [2.45, 2.75) is 19.5 Å². The van der Waals surface area contributed by atoms with Crippen LogP contribution in [-0.4, -0.2) is 24.2 Å². The maximum absolute atomic E-state index is 10.8. The summed E-state index contributed by atoms with van der Waals surface area (Å²) in [5.41, 5.74) is 5.77. The fourth-order valence-electron chi connectivity index (χ4n) is 1.24. The minimum Gasteiger partial charge on any atom is -0.504 e. The van der Waals surface area contributed by atoms with Crippen molar-refractivity contribution < 1.29 is 14.6 Å². The van der Waals surface area contributed by atoms with Crippen LogP contribution in [-0.2, 0) is 11.3 Å². The molecule has 1 unspecified atom stereocenters. The lowest BCUT2D eigenvalue weighted by molar-refractivity contribution is -0.119. The number of methoxy groups -OCH3 is 1. The van der Waals surface area contributed by atoms with E-state index in [1.807, 2.05) is 0 Å². The van der Waals surface area contributed by atoms with Gasteiger partial charge in [0.05, 0.1) is 13.2 Å². The van der Waals surface area contributed by atoms with Gasteiger partial charge in [0.25, 0.3) is 0 Å². The number of aromatic hydroxyl groups is 1. The first-order valence-electron chi connectivity index (χ1n) is 4.93. The smallest absolute Gasteiger partial charge is 0.234 e. The number of amides is 1. The minimum absolute atomic E-state index is 0.0779. The van der Waals surface area contributed by atoms with E-state index in [0.717, 1.165) is 0 Å². The van der Waals surface area contributed by atoms with Gasteiger partial charge >= 0.3 is 0 Å². The van der Waals surface area contributed by atoms with E-state index in [2.05, 4.69) is 5.32 Å². The van der Waals surface area contributed by atoms with Crippen LogP contribution in [0.25, 0.3) is 0 Å². The molecule has 0 fully saturated rings. The molecule has 0 aliphatic rings. The van der Waals surface area contributed by atoms with Crippen molar-refractivity contribution in [2.24, 2.45) is 5.73 Å². The number of rotatable bonds is 5. The quantitative estimate of drug-likeness (QED) is 0.674. The third kappa shape index (κ3) is 2.87. The first kappa shape index (κ1) is 12.3. The van der Waals surface area contributed by atoms with Crippen molar-refractivity contribution in [3.8, 4) is 11.5 Å². The number of primary amides is 1. The van der Waals surface area contributed by atoms with Crippen molar-refractivity contribution >= 4 is 5.91 Å². The molecular weight excluding hydrogens is 208 g/mol. The highest BCUT2D eigenvalue weighted by molar-refractivity contribution is 5.79. The average Bonchev–Trinajstić information content (AvgIpc) is 2.27. The monoisotopic (exact) mass is 224 g/mol. The Morgan fingerprint density at radius 1 is 1.62 bits per heavy atom. The zero-order valence-electron chi connectivity index (χ0n) is 9.36. The number of para-hydroxylation sites is 1. The molecule has 16 heavy (non-hydrogen) atoms. The van der Waals surface area contributed by atoms with Gasteiger partial charge in [0.15, 0.2) is 11.5 Å². The summed E-state index contributed by atoms with van der Waals surface area (Å²) in [6.07, 6.45) is 0. The second-order valence-corrected chi connectivity index (χ2v) is 3.47. The van der Waals surface area contributed by atoms with Gasteiger partial charge in [0.1, 0.15) is 0 Å². The van der Waals surface area contributed by atoms with Gasteiger partial charge in [-0.2, -0.15) is 0 Å². The lowest BCUT2D eigenvalue weighted by atomic mass is 10.1. The van der Waals surface area contributed by atoms with Gasteiger partial charge in [0, 0.05) is 12.1 Å². The lowest BCUT2D eigenvalue weighted by Gasteiger charge is -2.12. The molecule has 4 N–H and O–H groups in total. The van der Waals surface area contributed by atoms with Crippen LogP contribution in [0, 0.1) is 0 Å². The molecule has 1 amide bonds. The molecule has 0 saturated heterocycles. The number of phenolic OH excluding ortho intramolecular Hbond substituents is 1. The molecule has 1 rings (SSSR count). The maximum Gasteiger partial charge on any atom is 0.234 e. The number of benzene rings is 1. The van der Waals surface area contributed by atoms with Crippen molar-refractivity contribution in [1.82, 2.24) is 5.32 Å². The molecule has 0 spiro atoms. The molecule has 1 atom stereocenters. The number of carbonyl (C=O) groups excluding carboxylic acids is 1. The minimum atomic E-state index is -0.439. The molecule has 5 heteroatoms. The van der Waals surface area contributed by atoms with E-state index in [4.69, 9.17) is 10.5 Å². The lowest BCUT2D eigenvalue weighted by Crippen LogP contribution is -2.38. The summed E-state index contributed by atoms with van der Waals surface area (Å²) >= 11 is 0. The molecule has 0 aromatic heterocycles. The van der Waals surface area contributed by atoms with Crippen LogP contribution in [0.15, 0.2) is 18.2 Å². The molecule has 1 aromatic carbocycles. The second-order valence-electron chi connectivity index (χ2n) is 3.47. The molecular formula is C11H16N2O3. The van der Waals surface area contributed by atoms with E-state index in [-0.39, 0.29) is 5.75 Å². The highest BCUT2D eigenvalue weighted by atomic mass is 16.5. The first-order chi connectivity index (χ1) is 7.56. The molecule has 0 radical (unpaired) electrons. The zero-order chi connectivity index (χ0) is 12.1. The van der Waals surface area contributed by atoms with Crippen molar-refractivity contribution in [2.75, 3.05) is 7.11 Å².